The van der Waals surface area contributed by atoms with Crippen molar-refractivity contribution in [3.8, 4) is 11.3 Å². The van der Waals surface area contributed by atoms with Crippen LogP contribution in [0.2, 0.25) is 10.0 Å². The third-order valence-corrected chi connectivity index (χ3v) is 5.48. The number of benzene rings is 2. The van der Waals surface area contributed by atoms with Gasteiger partial charge in [0.05, 0.1) is 11.4 Å². The van der Waals surface area contributed by atoms with Crippen LogP contribution in [0.25, 0.3) is 11.3 Å². The van der Waals surface area contributed by atoms with Gasteiger partial charge >= 0.3 is 0 Å². The molecule has 24 heavy (non-hydrogen) atoms. The number of carbonyl (C=O) groups excluding carboxylic acids is 1. The average Bonchev–Trinajstić information content (AvgIpc) is 3.02. The Morgan fingerprint density at radius 3 is 2.54 bits per heavy atom. The molecule has 1 aromatic heterocycles. The molecule has 3 rings (SSSR count). The number of carbonyl (C=O) groups is 1. The molecule has 2 aromatic carbocycles. The third-order valence-electron chi connectivity index (χ3n) is 3.03. The molecule has 1 amide bonds. The van der Waals surface area contributed by atoms with E-state index in [1.54, 1.807) is 18.2 Å². The van der Waals surface area contributed by atoms with E-state index in [4.69, 9.17) is 23.2 Å². The molecule has 0 fully saturated rings. The van der Waals surface area contributed by atoms with Crippen LogP contribution in [0.1, 0.15) is 0 Å². The predicted molar refractivity (Wildman–Crippen MR) is 103 cm³/mol. The Kier molecular flexibility index (Phi) is 5.79. The molecule has 0 atom stereocenters. The van der Waals surface area contributed by atoms with Crippen molar-refractivity contribution in [1.82, 2.24) is 4.98 Å². The normalized spacial score (nSPS) is 10.6. The van der Waals surface area contributed by atoms with Gasteiger partial charge in [-0.25, -0.2) is 4.98 Å². The van der Waals surface area contributed by atoms with Gasteiger partial charge in [-0.3, -0.25) is 4.79 Å². The van der Waals surface area contributed by atoms with Crippen molar-refractivity contribution < 1.29 is 4.79 Å². The molecule has 0 saturated carbocycles. The van der Waals surface area contributed by atoms with E-state index in [0.717, 1.165) is 15.6 Å². The molecule has 0 spiro atoms. The summed E-state index contributed by atoms with van der Waals surface area (Å²) >= 11 is 14.8. The van der Waals surface area contributed by atoms with Crippen LogP contribution < -0.4 is 5.32 Å². The number of hydrogen-bond donors (Lipinski definition) is 1. The molecule has 0 bridgehead atoms. The highest BCUT2D eigenvalue weighted by Gasteiger charge is 2.09. The van der Waals surface area contributed by atoms with Crippen LogP contribution in [0.15, 0.2) is 58.3 Å². The number of anilines is 1. The molecule has 0 radical (unpaired) electrons. The monoisotopic (exact) mass is 394 g/mol. The largest absolute Gasteiger partial charge is 0.325 e. The van der Waals surface area contributed by atoms with E-state index in [2.05, 4.69) is 10.3 Å². The molecule has 3 aromatic rings. The number of amides is 1. The molecule has 1 heterocycles. The number of hydrogen-bond acceptors (Lipinski definition) is 4. The second kappa shape index (κ2) is 8.03. The maximum atomic E-state index is 12.0. The van der Waals surface area contributed by atoms with Crippen LogP contribution in [-0.2, 0) is 4.79 Å². The van der Waals surface area contributed by atoms with E-state index in [-0.39, 0.29) is 11.7 Å². The molecule has 0 saturated heterocycles. The van der Waals surface area contributed by atoms with Gasteiger partial charge in [-0.1, -0.05) is 65.3 Å². The number of halogens is 2. The number of thiazole rings is 1. The Bertz CT molecular complexity index is 833. The van der Waals surface area contributed by atoms with Gasteiger partial charge in [0.2, 0.25) is 5.91 Å². The molecule has 0 aliphatic rings. The van der Waals surface area contributed by atoms with Crippen LogP contribution in [-0.4, -0.2) is 16.6 Å². The van der Waals surface area contributed by atoms with Crippen LogP contribution in [0.3, 0.4) is 0 Å². The first-order chi connectivity index (χ1) is 11.6. The van der Waals surface area contributed by atoms with Crippen molar-refractivity contribution in [2.24, 2.45) is 0 Å². The molecule has 3 nitrogen and oxygen atoms in total. The minimum atomic E-state index is -0.130. The highest BCUT2D eigenvalue weighted by Crippen LogP contribution is 2.28. The van der Waals surface area contributed by atoms with E-state index in [0.29, 0.717) is 15.7 Å². The first kappa shape index (κ1) is 17.3. The smallest absolute Gasteiger partial charge is 0.234 e. The number of nitrogens with zero attached hydrogens (tertiary/aromatic N) is 1. The number of nitrogens with one attached hydrogen (secondary N) is 1. The Balaban J connectivity index is 1.58. The summed E-state index contributed by atoms with van der Waals surface area (Å²) in [6.45, 7) is 0. The average molecular weight is 395 g/mol. The van der Waals surface area contributed by atoms with Crippen molar-refractivity contribution in [3.63, 3.8) is 0 Å². The lowest BCUT2D eigenvalue weighted by Crippen LogP contribution is -2.13. The second-order valence-corrected chi connectivity index (χ2v) is 7.81. The summed E-state index contributed by atoms with van der Waals surface area (Å²) in [5.41, 5.74) is 2.57. The first-order valence-electron chi connectivity index (χ1n) is 7.00. The van der Waals surface area contributed by atoms with Gasteiger partial charge in [0.25, 0.3) is 0 Å². The minimum absolute atomic E-state index is 0.130. The van der Waals surface area contributed by atoms with Gasteiger partial charge in [0.1, 0.15) is 0 Å². The van der Waals surface area contributed by atoms with Crippen LogP contribution in [0, 0.1) is 0 Å². The standard InChI is InChI=1S/C17H12Cl2N2OS2/c18-12-6-13(19)8-14(7-12)20-16(22)10-24-17-21-15(9-23-17)11-4-2-1-3-5-11/h1-9H,10H2,(H,20,22). The lowest BCUT2D eigenvalue weighted by atomic mass is 10.2. The first-order valence-corrected chi connectivity index (χ1v) is 9.62. The molecule has 7 heteroatoms. The predicted octanol–water partition coefficient (Wildman–Crippen LogP) is 5.85. The SMILES string of the molecule is O=C(CSc1nc(-c2ccccc2)cs1)Nc1cc(Cl)cc(Cl)c1. The van der Waals surface area contributed by atoms with Crippen molar-refractivity contribution in [2.45, 2.75) is 4.34 Å². The van der Waals surface area contributed by atoms with Gasteiger partial charge in [-0.15, -0.1) is 11.3 Å². The molecule has 0 unspecified atom stereocenters. The van der Waals surface area contributed by atoms with E-state index in [1.807, 2.05) is 35.7 Å². The topological polar surface area (TPSA) is 42.0 Å². The van der Waals surface area contributed by atoms with Crippen molar-refractivity contribution in [3.05, 3.63) is 64.0 Å². The number of rotatable bonds is 5. The highest BCUT2D eigenvalue weighted by atomic mass is 35.5. The van der Waals surface area contributed by atoms with Gasteiger partial charge < -0.3 is 5.32 Å². The van der Waals surface area contributed by atoms with Crippen molar-refractivity contribution in [1.29, 1.82) is 0 Å². The maximum absolute atomic E-state index is 12.0. The Labute approximate surface area is 158 Å². The van der Waals surface area contributed by atoms with Crippen LogP contribution in [0.5, 0.6) is 0 Å². The summed E-state index contributed by atoms with van der Waals surface area (Å²) in [7, 11) is 0. The summed E-state index contributed by atoms with van der Waals surface area (Å²) < 4.78 is 0.855. The zero-order valence-corrected chi connectivity index (χ0v) is 15.5. The van der Waals surface area contributed by atoms with Crippen LogP contribution in [0.4, 0.5) is 5.69 Å². The lowest BCUT2D eigenvalue weighted by molar-refractivity contribution is -0.113. The molecular weight excluding hydrogens is 383 g/mol. The fraction of sp³-hybridized carbons (Fsp3) is 0.0588. The summed E-state index contributed by atoms with van der Waals surface area (Å²) in [6.07, 6.45) is 0. The summed E-state index contributed by atoms with van der Waals surface area (Å²) in [5.74, 6) is 0.140. The van der Waals surface area contributed by atoms with Gasteiger partial charge in [0.15, 0.2) is 4.34 Å². The molecule has 0 aliphatic carbocycles. The van der Waals surface area contributed by atoms with Crippen LogP contribution >= 0.6 is 46.3 Å². The quantitative estimate of drug-likeness (QED) is 0.551. The minimum Gasteiger partial charge on any atom is -0.325 e. The van der Waals surface area contributed by atoms with E-state index >= 15 is 0 Å². The maximum Gasteiger partial charge on any atom is 0.234 e. The van der Waals surface area contributed by atoms with Gasteiger partial charge in [0, 0.05) is 26.7 Å². The zero-order chi connectivity index (χ0) is 16.9. The Hall–Kier alpha value is -1.53. The third kappa shape index (κ3) is 4.74. The number of aromatic nitrogens is 1. The molecule has 0 aliphatic heterocycles. The van der Waals surface area contributed by atoms with Crippen molar-refractivity contribution >= 4 is 57.9 Å². The zero-order valence-electron chi connectivity index (χ0n) is 12.3. The van der Waals surface area contributed by atoms with Gasteiger partial charge in [-0.05, 0) is 18.2 Å². The van der Waals surface area contributed by atoms with E-state index < -0.39 is 0 Å². The summed E-state index contributed by atoms with van der Waals surface area (Å²) in [6, 6.07) is 14.9. The highest BCUT2D eigenvalue weighted by molar-refractivity contribution is 8.01. The molecular formula is C17H12Cl2N2OS2. The Morgan fingerprint density at radius 2 is 1.83 bits per heavy atom. The number of thioether (sulfide) groups is 1. The fourth-order valence-electron chi connectivity index (χ4n) is 2.02. The van der Waals surface area contributed by atoms with Gasteiger partial charge in [-0.2, -0.15) is 0 Å². The molecule has 1 N–H and O–H groups in total. The molecule has 122 valence electrons. The van der Waals surface area contributed by atoms with E-state index in [9.17, 15) is 4.79 Å². The summed E-state index contributed by atoms with van der Waals surface area (Å²) in [5, 5.41) is 5.74. The summed E-state index contributed by atoms with van der Waals surface area (Å²) in [4.78, 5) is 16.6. The fourth-order valence-corrected chi connectivity index (χ4v) is 4.18. The Morgan fingerprint density at radius 1 is 1.12 bits per heavy atom. The second-order valence-electron chi connectivity index (χ2n) is 4.86. The van der Waals surface area contributed by atoms with E-state index in [1.165, 1.54) is 23.1 Å². The van der Waals surface area contributed by atoms with Crippen molar-refractivity contribution in [2.75, 3.05) is 11.1 Å². The lowest BCUT2D eigenvalue weighted by Gasteiger charge is -2.05.